The van der Waals surface area contributed by atoms with Crippen molar-refractivity contribution in [1.29, 1.82) is 0 Å². The van der Waals surface area contributed by atoms with Gasteiger partial charge in [0.25, 0.3) is 5.82 Å². The van der Waals surface area contributed by atoms with Crippen LogP contribution in [0.15, 0.2) is 132 Å². The Morgan fingerprint density at radius 1 is 0.625 bits per heavy atom. The first-order chi connectivity index (χ1) is 23.3. The molecular formula is C45H41N2O+. The standard InChI is InChI=1S/C45H41N2O/c1-28(2)35-26-33(31-17-9-7-10-18-31)27-36(29(3)4)43(35)47-39-23-15-14-22-38(39)46(6)45(47)41-30(5)25-37(32-19-11-8-12-20-32)42-34-21-13-16-24-40(34)48-44(41)42/h7-29H,1-6H3/q+1. The highest BCUT2D eigenvalue weighted by Crippen LogP contribution is 2.46. The van der Waals surface area contributed by atoms with Gasteiger partial charge >= 0.3 is 0 Å². The van der Waals surface area contributed by atoms with Crippen molar-refractivity contribution in [3.8, 4) is 39.3 Å². The van der Waals surface area contributed by atoms with E-state index in [2.05, 4.69) is 178 Å². The van der Waals surface area contributed by atoms with Crippen molar-refractivity contribution in [3.63, 3.8) is 0 Å². The topological polar surface area (TPSA) is 21.9 Å². The third-order valence-electron chi connectivity index (χ3n) is 9.91. The van der Waals surface area contributed by atoms with Crippen LogP contribution < -0.4 is 4.57 Å². The highest BCUT2D eigenvalue weighted by molar-refractivity contribution is 6.16. The normalized spacial score (nSPS) is 11.9. The Kier molecular flexibility index (Phi) is 7.29. The van der Waals surface area contributed by atoms with Crippen LogP contribution in [0.1, 0.15) is 56.2 Å². The summed E-state index contributed by atoms with van der Waals surface area (Å²) in [5.74, 6) is 1.72. The molecule has 3 nitrogen and oxygen atoms in total. The summed E-state index contributed by atoms with van der Waals surface area (Å²) in [6, 6.07) is 46.0. The lowest BCUT2D eigenvalue weighted by Gasteiger charge is -2.21. The summed E-state index contributed by atoms with van der Waals surface area (Å²) in [7, 11) is 2.20. The molecule has 3 heteroatoms. The minimum atomic E-state index is 0.299. The van der Waals surface area contributed by atoms with Gasteiger partial charge in [-0.25, -0.2) is 4.57 Å². The van der Waals surface area contributed by atoms with Crippen molar-refractivity contribution in [3.05, 3.63) is 144 Å². The number of hydrogen-bond donors (Lipinski definition) is 0. The van der Waals surface area contributed by atoms with Crippen molar-refractivity contribution in [1.82, 2.24) is 4.57 Å². The van der Waals surface area contributed by atoms with E-state index in [1.165, 1.54) is 55.7 Å². The Morgan fingerprint density at radius 3 is 1.88 bits per heavy atom. The van der Waals surface area contributed by atoms with Crippen molar-refractivity contribution in [2.75, 3.05) is 0 Å². The maximum absolute atomic E-state index is 6.93. The predicted octanol–water partition coefficient (Wildman–Crippen LogP) is 11.9. The van der Waals surface area contributed by atoms with Gasteiger partial charge < -0.3 is 4.42 Å². The van der Waals surface area contributed by atoms with Gasteiger partial charge in [0.1, 0.15) is 16.8 Å². The third-order valence-corrected chi connectivity index (χ3v) is 9.91. The fourth-order valence-electron chi connectivity index (χ4n) is 7.59. The Hall–Kier alpha value is -5.41. The minimum Gasteiger partial charge on any atom is -0.455 e. The first-order valence-electron chi connectivity index (χ1n) is 17.1. The number of imidazole rings is 1. The zero-order chi connectivity index (χ0) is 33.1. The van der Waals surface area contributed by atoms with Gasteiger partial charge in [0, 0.05) is 21.9 Å². The second kappa shape index (κ2) is 11.7. The molecule has 0 aliphatic rings. The number of benzene rings is 6. The van der Waals surface area contributed by atoms with Crippen LogP contribution in [0.2, 0.25) is 0 Å². The minimum absolute atomic E-state index is 0.299. The number of para-hydroxylation sites is 3. The van der Waals surface area contributed by atoms with Crippen LogP contribution in [0.25, 0.3) is 72.3 Å². The van der Waals surface area contributed by atoms with Crippen LogP contribution in [-0.4, -0.2) is 4.57 Å². The van der Waals surface area contributed by atoms with E-state index in [9.17, 15) is 0 Å². The zero-order valence-corrected chi connectivity index (χ0v) is 28.6. The third kappa shape index (κ3) is 4.68. The van der Waals surface area contributed by atoms with E-state index < -0.39 is 0 Å². The summed E-state index contributed by atoms with van der Waals surface area (Å²) in [5, 5.41) is 2.29. The number of aryl methyl sites for hydroxylation is 2. The zero-order valence-electron chi connectivity index (χ0n) is 28.6. The second-order valence-electron chi connectivity index (χ2n) is 13.7. The Labute approximate surface area is 282 Å². The molecular weight excluding hydrogens is 585 g/mol. The van der Waals surface area contributed by atoms with Gasteiger partial charge in [-0.2, -0.15) is 4.57 Å². The van der Waals surface area contributed by atoms with Crippen molar-refractivity contribution in [2.45, 2.75) is 46.5 Å². The molecule has 0 aliphatic heterocycles. The first kappa shape index (κ1) is 30.0. The number of nitrogens with zero attached hydrogens (tertiary/aromatic N) is 2. The molecule has 0 N–H and O–H groups in total. The summed E-state index contributed by atoms with van der Waals surface area (Å²) in [4.78, 5) is 0. The molecule has 0 saturated heterocycles. The molecule has 0 radical (unpaired) electrons. The summed E-state index contributed by atoms with van der Waals surface area (Å²) < 4.78 is 11.8. The van der Waals surface area contributed by atoms with Crippen LogP contribution in [0.5, 0.6) is 0 Å². The van der Waals surface area contributed by atoms with E-state index in [4.69, 9.17) is 4.42 Å². The van der Waals surface area contributed by atoms with Crippen LogP contribution in [0, 0.1) is 6.92 Å². The van der Waals surface area contributed by atoms with Gasteiger partial charge in [0.05, 0.1) is 7.05 Å². The van der Waals surface area contributed by atoms with Gasteiger partial charge in [-0.1, -0.05) is 119 Å². The van der Waals surface area contributed by atoms with E-state index in [0.717, 1.165) is 33.3 Å². The van der Waals surface area contributed by atoms with Gasteiger partial charge in [0.2, 0.25) is 0 Å². The Morgan fingerprint density at radius 2 is 1.21 bits per heavy atom. The largest absolute Gasteiger partial charge is 0.455 e. The smallest absolute Gasteiger partial charge is 0.299 e. The van der Waals surface area contributed by atoms with Crippen molar-refractivity contribution >= 4 is 33.0 Å². The summed E-state index contributed by atoms with van der Waals surface area (Å²) in [6.45, 7) is 11.5. The summed E-state index contributed by atoms with van der Waals surface area (Å²) >= 11 is 0. The number of fused-ring (bicyclic) bond motifs is 4. The molecule has 0 atom stereocenters. The maximum Gasteiger partial charge on any atom is 0.299 e. The number of hydrogen-bond acceptors (Lipinski definition) is 1. The molecule has 0 unspecified atom stereocenters. The summed E-state index contributed by atoms with van der Waals surface area (Å²) in [5.41, 5.74) is 15.3. The fraction of sp³-hybridized carbons (Fsp3) is 0.178. The maximum atomic E-state index is 6.93. The molecule has 0 bridgehead atoms. The molecule has 2 aromatic heterocycles. The van der Waals surface area contributed by atoms with E-state index in [1.807, 2.05) is 0 Å². The van der Waals surface area contributed by atoms with Gasteiger partial charge in [-0.15, -0.1) is 0 Å². The predicted molar refractivity (Wildman–Crippen MR) is 201 cm³/mol. The molecule has 8 aromatic rings. The molecule has 0 spiro atoms. The Bertz CT molecular complexity index is 2430. The highest BCUT2D eigenvalue weighted by Gasteiger charge is 2.34. The molecule has 0 saturated carbocycles. The SMILES string of the molecule is Cc1cc(-c2ccccc2)c2c(oc3ccccc32)c1-c1n(-c2c(C(C)C)cc(-c3ccccc3)cc2C(C)C)c2ccccc2[n+]1C. The summed E-state index contributed by atoms with van der Waals surface area (Å²) in [6.07, 6.45) is 0. The van der Waals surface area contributed by atoms with E-state index >= 15 is 0 Å². The van der Waals surface area contributed by atoms with E-state index in [0.29, 0.717) is 11.8 Å². The van der Waals surface area contributed by atoms with E-state index in [-0.39, 0.29) is 0 Å². The van der Waals surface area contributed by atoms with Crippen LogP contribution in [0.4, 0.5) is 0 Å². The molecule has 0 fully saturated rings. The molecule has 48 heavy (non-hydrogen) atoms. The average molecular weight is 626 g/mol. The molecule has 6 aromatic carbocycles. The van der Waals surface area contributed by atoms with E-state index in [1.54, 1.807) is 0 Å². The monoisotopic (exact) mass is 625 g/mol. The van der Waals surface area contributed by atoms with Gasteiger partial charge in [-0.3, -0.25) is 0 Å². The lowest BCUT2D eigenvalue weighted by molar-refractivity contribution is -0.633. The molecule has 8 rings (SSSR count). The van der Waals surface area contributed by atoms with Crippen molar-refractivity contribution in [2.24, 2.45) is 7.05 Å². The van der Waals surface area contributed by atoms with Crippen LogP contribution in [0.3, 0.4) is 0 Å². The Balaban J connectivity index is 1.54. The van der Waals surface area contributed by atoms with Gasteiger partial charge in [-0.05, 0) is 83.0 Å². The quantitative estimate of drug-likeness (QED) is 0.169. The number of furan rings is 1. The molecule has 0 amide bonds. The first-order valence-corrected chi connectivity index (χ1v) is 17.1. The van der Waals surface area contributed by atoms with Gasteiger partial charge in [0.15, 0.2) is 16.6 Å². The molecule has 0 aliphatic carbocycles. The average Bonchev–Trinajstić information content (AvgIpc) is 3.63. The molecule has 2 heterocycles. The van der Waals surface area contributed by atoms with Crippen LogP contribution >= 0.6 is 0 Å². The van der Waals surface area contributed by atoms with Crippen LogP contribution in [-0.2, 0) is 7.05 Å². The number of rotatable bonds is 6. The lowest BCUT2D eigenvalue weighted by atomic mass is 9.88. The van der Waals surface area contributed by atoms with Crippen molar-refractivity contribution < 1.29 is 8.98 Å². The lowest BCUT2D eigenvalue weighted by Crippen LogP contribution is -2.30. The molecule has 236 valence electrons. The highest BCUT2D eigenvalue weighted by atomic mass is 16.3. The fourth-order valence-corrected chi connectivity index (χ4v) is 7.59. The second-order valence-corrected chi connectivity index (χ2v) is 13.7. The number of aromatic nitrogens is 2.